The van der Waals surface area contributed by atoms with Gasteiger partial charge in [0.05, 0.1) is 4.90 Å². The maximum absolute atomic E-state index is 12.5. The van der Waals surface area contributed by atoms with Crippen molar-refractivity contribution < 1.29 is 17.9 Å². The molecule has 0 aromatic heterocycles. The van der Waals surface area contributed by atoms with Gasteiger partial charge in [-0.2, -0.15) is 0 Å². The predicted octanol–water partition coefficient (Wildman–Crippen LogP) is 1.55. The summed E-state index contributed by atoms with van der Waals surface area (Å²) < 4.78 is 32.1. The second-order valence-electron chi connectivity index (χ2n) is 5.72. The molecule has 2 rings (SSSR count). The van der Waals surface area contributed by atoms with Gasteiger partial charge in [0.15, 0.2) is 0 Å². The summed E-state index contributed by atoms with van der Waals surface area (Å²) in [5.41, 5.74) is 1.26. The lowest BCUT2D eigenvalue weighted by molar-refractivity contribution is 0.0792. The van der Waals surface area contributed by atoms with Gasteiger partial charge in [0, 0.05) is 38.9 Å². The van der Waals surface area contributed by atoms with Gasteiger partial charge in [-0.15, -0.1) is 0 Å². The molecule has 0 aliphatic carbocycles. The van der Waals surface area contributed by atoms with Crippen LogP contribution >= 0.6 is 0 Å². The summed E-state index contributed by atoms with van der Waals surface area (Å²) in [4.78, 5) is 14.5. The Balaban J connectivity index is 2.17. The smallest absolute Gasteiger partial charge is 0.254 e. The average molecular weight is 340 g/mol. The van der Waals surface area contributed by atoms with Crippen LogP contribution in [0.25, 0.3) is 0 Å². The van der Waals surface area contributed by atoms with Crippen molar-refractivity contribution in [2.75, 3.05) is 33.4 Å². The number of nitrogens with zero attached hydrogens (tertiary/aromatic N) is 1. The van der Waals surface area contributed by atoms with Gasteiger partial charge in [0.25, 0.3) is 5.91 Å². The van der Waals surface area contributed by atoms with Crippen molar-refractivity contribution in [3.8, 4) is 0 Å². The largest absolute Gasteiger partial charge is 0.385 e. The van der Waals surface area contributed by atoms with Gasteiger partial charge in [-0.3, -0.25) is 4.79 Å². The molecule has 0 unspecified atom stereocenters. The number of aryl methyl sites for hydroxylation is 1. The Bertz CT molecular complexity index is 652. The van der Waals surface area contributed by atoms with E-state index in [-0.39, 0.29) is 10.8 Å². The third-order valence-corrected chi connectivity index (χ3v) is 5.42. The van der Waals surface area contributed by atoms with E-state index in [1.807, 2.05) is 6.92 Å². The number of likely N-dealkylation sites (tertiary alicyclic amines) is 1. The van der Waals surface area contributed by atoms with Gasteiger partial charge < -0.3 is 9.64 Å². The highest BCUT2D eigenvalue weighted by atomic mass is 32.2. The van der Waals surface area contributed by atoms with E-state index in [2.05, 4.69) is 4.72 Å². The minimum absolute atomic E-state index is 0.0866. The number of benzene rings is 1. The number of amides is 1. The SMILES string of the molecule is COCCCNS(=O)(=O)c1ccc(C)c(C(=O)N2CCCC2)c1. The number of hydrogen-bond acceptors (Lipinski definition) is 4. The zero-order valence-corrected chi connectivity index (χ0v) is 14.5. The molecule has 7 heteroatoms. The van der Waals surface area contributed by atoms with E-state index in [0.29, 0.717) is 25.1 Å². The minimum Gasteiger partial charge on any atom is -0.385 e. The van der Waals surface area contributed by atoms with Gasteiger partial charge in [-0.1, -0.05) is 6.07 Å². The molecule has 1 fully saturated rings. The van der Waals surface area contributed by atoms with Crippen molar-refractivity contribution in [3.05, 3.63) is 29.3 Å². The van der Waals surface area contributed by atoms with Crippen molar-refractivity contribution in [2.24, 2.45) is 0 Å². The monoisotopic (exact) mass is 340 g/mol. The lowest BCUT2D eigenvalue weighted by Gasteiger charge is -2.17. The van der Waals surface area contributed by atoms with Crippen LogP contribution in [0.2, 0.25) is 0 Å². The first kappa shape index (κ1) is 17.9. The fourth-order valence-electron chi connectivity index (χ4n) is 2.60. The second kappa shape index (κ2) is 7.90. The van der Waals surface area contributed by atoms with E-state index in [4.69, 9.17) is 4.74 Å². The topological polar surface area (TPSA) is 75.7 Å². The molecule has 1 aliphatic heterocycles. The molecule has 6 nitrogen and oxygen atoms in total. The number of ether oxygens (including phenoxy) is 1. The molecule has 0 atom stereocenters. The van der Waals surface area contributed by atoms with Crippen LogP contribution in [0, 0.1) is 6.92 Å². The van der Waals surface area contributed by atoms with Crippen LogP contribution in [-0.4, -0.2) is 52.6 Å². The van der Waals surface area contributed by atoms with Crippen LogP contribution in [0.3, 0.4) is 0 Å². The molecular weight excluding hydrogens is 316 g/mol. The fourth-order valence-corrected chi connectivity index (χ4v) is 3.70. The molecule has 1 aliphatic rings. The molecule has 0 radical (unpaired) electrons. The van der Waals surface area contributed by atoms with Gasteiger partial charge in [-0.05, 0) is 43.9 Å². The van der Waals surface area contributed by atoms with Crippen LogP contribution in [0.1, 0.15) is 35.2 Å². The molecule has 0 saturated carbocycles. The summed E-state index contributed by atoms with van der Waals surface area (Å²) in [5.74, 6) is -0.0866. The summed E-state index contributed by atoms with van der Waals surface area (Å²) >= 11 is 0. The maximum Gasteiger partial charge on any atom is 0.254 e. The molecule has 1 heterocycles. The minimum atomic E-state index is -3.61. The van der Waals surface area contributed by atoms with Crippen LogP contribution in [0.5, 0.6) is 0 Å². The molecule has 0 spiro atoms. The normalized spacial score (nSPS) is 15.1. The Morgan fingerprint density at radius 1 is 1.30 bits per heavy atom. The summed E-state index contributed by atoms with van der Waals surface area (Å²) in [6, 6.07) is 4.70. The number of carbonyl (C=O) groups excluding carboxylic acids is 1. The van der Waals surface area contributed by atoms with Gasteiger partial charge in [0.2, 0.25) is 10.0 Å². The highest BCUT2D eigenvalue weighted by Crippen LogP contribution is 2.19. The summed E-state index contributed by atoms with van der Waals surface area (Å²) in [5, 5.41) is 0. The second-order valence-corrected chi connectivity index (χ2v) is 7.49. The van der Waals surface area contributed by atoms with E-state index in [9.17, 15) is 13.2 Å². The number of rotatable bonds is 7. The first-order chi connectivity index (χ1) is 11.0. The molecule has 1 N–H and O–H groups in total. The van der Waals surface area contributed by atoms with Gasteiger partial charge in [0.1, 0.15) is 0 Å². The number of sulfonamides is 1. The van der Waals surface area contributed by atoms with Crippen molar-refractivity contribution in [1.29, 1.82) is 0 Å². The van der Waals surface area contributed by atoms with E-state index in [1.54, 1.807) is 18.1 Å². The molecule has 1 aromatic carbocycles. The van der Waals surface area contributed by atoms with Crippen LogP contribution < -0.4 is 4.72 Å². The van der Waals surface area contributed by atoms with E-state index < -0.39 is 10.0 Å². The Kier molecular flexibility index (Phi) is 6.15. The first-order valence-corrected chi connectivity index (χ1v) is 9.32. The number of hydrogen-bond donors (Lipinski definition) is 1. The standard InChI is InChI=1S/C16H24N2O4S/c1-13-6-7-14(23(20,21)17-8-5-11-22-2)12-15(13)16(19)18-9-3-4-10-18/h6-7,12,17H,3-5,8-11H2,1-2H3. The maximum atomic E-state index is 12.5. The first-order valence-electron chi connectivity index (χ1n) is 7.84. The van der Waals surface area contributed by atoms with E-state index in [1.165, 1.54) is 12.1 Å². The van der Waals surface area contributed by atoms with Gasteiger partial charge >= 0.3 is 0 Å². The summed E-state index contributed by atoms with van der Waals surface area (Å²) in [6.07, 6.45) is 2.61. The van der Waals surface area contributed by atoms with Crippen molar-refractivity contribution in [1.82, 2.24) is 9.62 Å². The molecule has 1 aromatic rings. The lowest BCUT2D eigenvalue weighted by Crippen LogP contribution is -2.29. The van der Waals surface area contributed by atoms with Crippen molar-refractivity contribution in [3.63, 3.8) is 0 Å². The molecule has 23 heavy (non-hydrogen) atoms. The molecule has 0 bridgehead atoms. The average Bonchev–Trinajstić information content (AvgIpc) is 3.05. The molecule has 1 amide bonds. The predicted molar refractivity (Wildman–Crippen MR) is 88.0 cm³/mol. The Labute approximate surface area is 137 Å². The molecular formula is C16H24N2O4S. The number of nitrogens with one attached hydrogen (secondary N) is 1. The Morgan fingerprint density at radius 3 is 2.65 bits per heavy atom. The van der Waals surface area contributed by atoms with Crippen LogP contribution in [-0.2, 0) is 14.8 Å². The quantitative estimate of drug-likeness (QED) is 0.764. The zero-order chi connectivity index (χ0) is 16.9. The van der Waals surface area contributed by atoms with Crippen LogP contribution in [0.4, 0.5) is 0 Å². The fraction of sp³-hybridized carbons (Fsp3) is 0.562. The highest BCUT2D eigenvalue weighted by molar-refractivity contribution is 7.89. The van der Waals surface area contributed by atoms with E-state index in [0.717, 1.165) is 31.5 Å². The Hall–Kier alpha value is -1.44. The van der Waals surface area contributed by atoms with Crippen molar-refractivity contribution in [2.45, 2.75) is 31.1 Å². The van der Waals surface area contributed by atoms with Crippen LogP contribution in [0.15, 0.2) is 23.1 Å². The third kappa shape index (κ3) is 4.53. The lowest BCUT2D eigenvalue weighted by atomic mass is 10.1. The third-order valence-electron chi connectivity index (χ3n) is 3.96. The zero-order valence-electron chi connectivity index (χ0n) is 13.7. The number of methoxy groups -OCH3 is 1. The van der Waals surface area contributed by atoms with Gasteiger partial charge in [-0.25, -0.2) is 13.1 Å². The summed E-state index contributed by atoms with van der Waals surface area (Å²) in [6.45, 7) is 4.11. The molecule has 1 saturated heterocycles. The molecule has 128 valence electrons. The summed E-state index contributed by atoms with van der Waals surface area (Å²) in [7, 11) is -2.04. The highest BCUT2D eigenvalue weighted by Gasteiger charge is 2.23. The Morgan fingerprint density at radius 2 is 2.00 bits per heavy atom. The van der Waals surface area contributed by atoms with E-state index >= 15 is 0 Å². The number of carbonyl (C=O) groups is 1. The van der Waals surface area contributed by atoms with Crippen molar-refractivity contribution >= 4 is 15.9 Å².